The Morgan fingerprint density at radius 1 is 1.22 bits per heavy atom. The van der Waals surface area contributed by atoms with E-state index in [0.717, 1.165) is 29.7 Å². The van der Waals surface area contributed by atoms with Crippen molar-refractivity contribution in [2.24, 2.45) is 0 Å². The molecule has 0 radical (unpaired) electrons. The lowest BCUT2D eigenvalue weighted by Gasteiger charge is -2.27. The molecule has 1 aromatic heterocycles. The molecule has 0 amide bonds. The van der Waals surface area contributed by atoms with Crippen molar-refractivity contribution in [1.82, 2.24) is 9.88 Å². The Morgan fingerprint density at radius 2 is 2.04 bits per heavy atom. The van der Waals surface area contributed by atoms with Crippen LogP contribution in [0.1, 0.15) is 19.3 Å². The van der Waals surface area contributed by atoms with Crippen LogP contribution in [0.2, 0.25) is 0 Å². The van der Waals surface area contributed by atoms with E-state index in [1.807, 2.05) is 12.3 Å². The molecule has 0 saturated carbocycles. The Hall–Kier alpha value is -2.21. The molecule has 2 aliphatic heterocycles. The van der Waals surface area contributed by atoms with Crippen LogP contribution in [0, 0.1) is 10.1 Å². The first-order valence-corrected chi connectivity index (χ1v) is 8.13. The summed E-state index contributed by atoms with van der Waals surface area (Å²) in [6.07, 6.45) is 5.62. The van der Waals surface area contributed by atoms with Crippen molar-refractivity contribution in [3.05, 3.63) is 40.6 Å². The molecular weight excluding hydrogens is 292 g/mol. The zero-order chi connectivity index (χ0) is 16.0. The molecule has 2 saturated heterocycles. The zero-order valence-electron chi connectivity index (χ0n) is 13.2. The van der Waals surface area contributed by atoms with E-state index in [0.29, 0.717) is 12.1 Å². The van der Waals surface area contributed by atoms with Crippen molar-refractivity contribution in [1.29, 1.82) is 0 Å². The molecule has 0 N–H and O–H groups in total. The average Bonchev–Trinajstić information content (AvgIpc) is 2.79. The third-order valence-corrected chi connectivity index (χ3v) is 5.37. The van der Waals surface area contributed by atoms with Gasteiger partial charge in [0.25, 0.3) is 5.69 Å². The van der Waals surface area contributed by atoms with Gasteiger partial charge in [-0.15, -0.1) is 0 Å². The lowest BCUT2D eigenvalue weighted by Crippen LogP contribution is -2.36. The third-order valence-electron chi connectivity index (χ3n) is 5.37. The number of nitro benzene ring substituents is 1. The van der Waals surface area contributed by atoms with E-state index < -0.39 is 0 Å². The molecule has 2 aliphatic rings. The molecule has 2 fully saturated rings. The van der Waals surface area contributed by atoms with E-state index in [2.05, 4.69) is 21.8 Å². The quantitative estimate of drug-likeness (QED) is 0.630. The Kier molecular flexibility index (Phi) is 3.41. The number of nitrogens with zero attached hydrogens (tertiary/aromatic N) is 4. The predicted octanol–water partition coefficient (Wildman–Crippen LogP) is 2.82. The highest BCUT2D eigenvalue weighted by Gasteiger charge is 2.34. The number of nitro groups is 1. The van der Waals surface area contributed by atoms with Crippen molar-refractivity contribution >= 4 is 22.3 Å². The van der Waals surface area contributed by atoms with Crippen molar-refractivity contribution in [3.8, 4) is 0 Å². The first-order valence-electron chi connectivity index (χ1n) is 8.13. The van der Waals surface area contributed by atoms with E-state index in [1.165, 1.54) is 25.3 Å². The number of aromatic nitrogens is 1. The van der Waals surface area contributed by atoms with Crippen LogP contribution >= 0.6 is 0 Å². The second-order valence-corrected chi connectivity index (χ2v) is 6.61. The van der Waals surface area contributed by atoms with E-state index in [-0.39, 0.29) is 10.6 Å². The standard InChI is InChI=1S/C17H20N4O2/c1-19-13-2-3-15(19)11-20(7-6-13)16-9-12-8-14(21(22)23)4-5-17(12)18-10-16/h4-5,8-10,13,15H,2-3,6-7,11H2,1H3. The maximum absolute atomic E-state index is 11.0. The fourth-order valence-corrected chi connectivity index (χ4v) is 3.94. The second kappa shape index (κ2) is 5.45. The van der Waals surface area contributed by atoms with Gasteiger partial charge in [-0.2, -0.15) is 0 Å². The van der Waals surface area contributed by atoms with E-state index in [4.69, 9.17) is 0 Å². The monoisotopic (exact) mass is 312 g/mol. The van der Waals surface area contributed by atoms with Gasteiger partial charge in [-0.1, -0.05) is 0 Å². The van der Waals surface area contributed by atoms with Crippen LogP contribution in [-0.4, -0.2) is 47.0 Å². The number of likely N-dealkylation sites (N-methyl/N-ethyl adjacent to an activating group) is 1. The molecule has 2 bridgehead atoms. The van der Waals surface area contributed by atoms with Gasteiger partial charge in [-0.25, -0.2) is 0 Å². The average molecular weight is 312 g/mol. The third kappa shape index (κ3) is 2.53. The molecule has 2 atom stereocenters. The minimum Gasteiger partial charge on any atom is -0.369 e. The Balaban J connectivity index is 1.67. The number of fused-ring (bicyclic) bond motifs is 3. The molecule has 0 aliphatic carbocycles. The predicted molar refractivity (Wildman–Crippen MR) is 89.8 cm³/mol. The number of hydrogen-bond acceptors (Lipinski definition) is 5. The minimum atomic E-state index is -0.355. The smallest absolute Gasteiger partial charge is 0.270 e. The lowest BCUT2D eigenvalue weighted by atomic mass is 10.1. The summed E-state index contributed by atoms with van der Waals surface area (Å²) in [5.74, 6) is 0. The molecule has 0 spiro atoms. The summed E-state index contributed by atoms with van der Waals surface area (Å²) >= 11 is 0. The topological polar surface area (TPSA) is 62.5 Å². The number of non-ortho nitro benzene ring substituents is 1. The normalized spacial score (nSPS) is 24.8. The maximum Gasteiger partial charge on any atom is 0.270 e. The zero-order valence-corrected chi connectivity index (χ0v) is 13.2. The van der Waals surface area contributed by atoms with Crippen LogP contribution < -0.4 is 4.90 Å². The maximum atomic E-state index is 11.0. The number of anilines is 1. The summed E-state index contributed by atoms with van der Waals surface area (Å²) in [5.41, 5.74) is 1.98. The summed E-state index contributed by atoms with van der Waals surface area (Å²) < 4.78 is 0. The fraction of sp³-hybridized carbons (Fsp3) is 0.471. The van der Waals surface area contributed by atoms with Crippen molar-refractivity contribution < 1.29 is 4.92 Å². The molecule has 2 aromatic rings. The molecule has 1 aromatic carbocycles. The molecular formula is C17H20N4O2. The van der Waals surface area contributed by atoms with Crippen LogP contribution in [0.4, 0.5) is 11.4 Å². The van der Waals surface area contributed by atoms with Crippen LogP contribution in [0.3, 0.4) is 0 Å². The number of rotatable bonds is 2. The highest BCUT2D eigenvalue weighted by Crippen LogP contribution is 2.31. The first kappa shape index (κ1) is 14.4. The lowest BCUT2D eigenvalue weighted by molar-refractivity contribution is -0.384. The van der Waals surface area contributed by atoms with Gasteiger partial charge in [0.05, 0.1) is 22.3 Å². The summed E-state index contributed by atoms with van der Waals surface area (Å²) in [5, 5.41) is 11.8. The molecule has 3 heterocycles. The molecule has 6 nitrogen and oxygen atoms in total. The van der Waals surface area contributed by atoms with E-state index in [1.54, 1.807) is 12.1 Å². The Morgan fingerprint density at radius 3 is 2.87 bits per heavy atom. The van der Waals surface area contributed by atoms with Crippen LogP contribution in [0.5, 0.6) is 0 Å². The number of pyridine rings is 1. The number of hydrogen-bond donors (Lipinski definition) is 0. The SMILES string of the molecule is CN1C2CCC1CN(c1cnc3ccc([N+](=O)[O-])cc3c1)CC2. The van der Waals surface area contributed by atoms with Crippen LogP contribution in [0.25, 0.3) is 10.9 Å². The molecule has 120 valence electrons. The first-order chi connectivity index (χ1) is 11.1. The van der Waals surface area contributed by atoms with Crippen molar-refractivity contribution in [3.63, 3.8) is 0 Å². The fourth-order valence-electron chi connectivity index (χ4n) is 3.94. The van der Waals surface area contributed by atoms with Gasteiger partial charge >= 0.3 is 0 Å². The van der Waals surface area contributed by atoms with Gasteiger partial charge in [0.2, 0.25) is 0 Å². The van der Waals surface area contributed by atoms with Gasteiger partial charge in [-0.05, 0) is 38.4 Å². The largest absolute Gasteiger partial charge is 0.369 e. The van der Waals surface area contributed by atoms with Crippen molar-refractivity contribution in [2.45, 2.75) is 31.3 Å². The second-order valence-electron chi connectivity index (χ2n) is 6.61. The molecule has 23 heavy (non-hydrogen) atoms. The highest BCUT2D eigenvalue weighted by molar-refractivity contribution is 5.84. The summed E-state index contributed by atoms with van der Waals surface area (Å²) in [7, 11) is 2.23. The van der Waals surface area contributed by atoms with Gasteiger partial charge < -0.3 is 4.90 Å². The molecule has 2 unspecified atom stereocenters. The highest BCUT2D eigenvalue weighted by atomic mass is 16.6. The minimum absolute atomic E-state index is 0.117. The van der Waals surface area contributed by atoms with Gasteiger partial charge in [0.15, 0.2) is 0 Å². The van der Waals surface area contributed by atoms with E-state index >= 15 is 0 Å². The van der Waals surface area contributed by atoms with Crippen LogP contribution in [-0.2, 0) is 0 Å². The van der Waals surface area contributed by atoms with E-state index in [9.17, 15) is 10.1 Å². The Labute approximate surface area is 134 Å². The summed E-state index contributed by atoms with van der Waals surface area (Å²) in [6.45, 7) is 2.03. The van der Waals surface area contributed by atoms with Gasteiger partial charge in [0.1, 0.15) is 0 Å². The molecule has 6 heteroatoms. The van der Waals surface area contributed by atoms with Crippen LogP contribution in [0.15, 0.2) is 30.5 Å². The van der Waals surface area contributed by atoms with Crippen molar-refractivity contribution in [2.75, 3.05) is 25.0 Å². The summed E-state index contributed by atoms with van der Waals surface area (Å²) in [6, 6.07) is 8.17. The number of benzene rings is 1. The summed E-state index contributed by atoms with van der Waals surface area (Å²) in [4.78, 5) is 20.0. The van der Waals surface area contributed by atoms with Gasteiger partial charge in [-0.3, -0.25) is 20.0 Å². The van der Waals surface area contributed by atoms with Gasteiger partial charge in [0, 0.05) is 42.7 Å². The Bertz CT molecular complexity index is 763. The molecule has 4 rings (SSSR count).